The van der Waals surface area contributed by atoms with Gasteiger partial charge in [-0.1, -0.05) is 26.0 Å². The van der Waals surface area contributed by atoms with Crippen LogP contribution in [0, 0.1) is 11.3 Å². The molecule has 0 spiro atoms. The van der Waals surface area contributed by atoms with Crippen molar-refractivity contribution in [1.29, 1.82) is 5.26 Å². The third-order valence-electron chi connectivity index (χ3n) is 3.47. The number of nitrogens with two attached hydrogens (primary N) is 1. The molecule has 0 fully saturated rings. The van der Waals surface area contributed by atoms with Crippen LogP contribution < -0.4 is 10.6 Å². The topological polar surface area (TPSA) is 53.0 Å². The lowest BCUT2D eigenvalue weighted by atomic mass is 10.0. The second-order valence-electron chi connectivity index (χ2n) is 5.19. The summed E-state index contributed by atoms with van der Waals surface area (Å²) in [5.41, 5.74) is 10.5. The zero-order valence-corrected chi connectivity index (χ0v) is 12.1. The van der Waals surface area contributed by atoms with Gasteiger partial charge in [0.1, 0.15) is 0 Å². The quantitative estimate of drug-likeness (QED) is 0.852. The van der Waals surface area contributed by atoms with Crippen LogP contribution in [-0.4, -0.2) is 7.05 Å². The minimum atomic E-state index is 0.515. The molecule has 0 atom stereocenters. The molecule has 0 aromatic heterocycles. The Bertz CT molecular complexity index is 636. The smallest absolute Gasteiger partial charge is 0.0992 e. The predicted octanol–water partition coefficient (Wildman–Crippen LogP) is 4.03. The van der Waals surface area contributed by atoms with Crippen molar-refractivity contribution in [3.8, 4) is 6.07 Å². The Morgan fingerprint density at radius 2 is 1.75 bits per heavy atom. The molecule has 0 heterocycles. The number of anilines is 3. The molecule has 20 heavy (non-hydrogen) atoms. The molecule has 3 heteroatoms. The summed E-state index contributed by atoms with van der Waals surface area (Å²) in [7, 11) is 1.96. The van der Waals surface area contributed by atoms with Crippen LogP contribution in [0.15, 0.2) is 42.5 Å². The average Bonchev–Trinajstić information content (AvgIpc) is 2.47. The molecule has 2 aromatic carbocycles. The molecule has 2 rings (SSSR count). The molecular formula is C17H19N3. The van der Waals surface area contributed by atoms with Gasteiger partial charge >= 0.3 is 0 Å². The van der Waals surface area contributed by atoms with E-state index >= 15 is 0 Å². The van der Waals surface area contributed by atoms with Gasteiger partial charge in [-0.15, -0.1) is 0 Å². The zero-order valence-electron chi connectivity index (χ0n) is 12.1. The Labute approximate surface area is 120 Å². The van der Waals surface area contributed by atoms with Gasteiger partial charge in [0, 0.05) is 12.7 Å². The highest BCUT2D eigenvalue weighted by Crippen LogP contribution is 2.30. The lowest BCUT2D eigenvalue weighted by molar-refractivity contribution is 0.866. The minimum Gasteiger partial charge on any atom is -0.397 e. The van der Waals surface area contributed by atoms with Crippen molar-refractivity contribution in [3.05, 3.63) is 53.6 Å². The molecular weight excluding hydrogens is 246 g/mol. The third-order valence-corrected chi connectivity index (χ3v) is 3.47. The molecule has 0 saturated carbocycles. The molecule has 2 aromatic rings. The van der Waals surface area contributed by atoms with Crippen molar-refractivity contribution in [1.82, 2.24) is 0 Å². The van der Waals surface area contributed by atoms with Crippen molar-refractivity contribution in [2.75, 3.05) is 17.7 Å². The van der Waals surface area contributed by atoms with E-state index in [1.807, 2.05) is 18.0 Å². The van der Waals surface area contributed by atoms with Gasteiger partial charge in [-0.05, 0) is 41.8 Å². The SMILES string of the molecule is CC(C)c1ccc(N(C)c2cc(C#N)ccc2N)cc1. The first-order valence-corrected chi connectivity index (χ1v) is 6.66. The van der Waals surface area contributed by atoms with E-state index in [9.17, 15) is 0 Å². The van der Waals surface area contributed by atoms with Gasteiger partial charge in [-0.25, -0.2) is 0 Å². The molecule has 0 aliphatic carbocycles. The number of nitriles is 1. The highest BCUT2D eigenvalue weighted by molar-refractivity contribution is 5.75. The summed E-state index contributed by atoms with van der Waals surface area (Å²) in [5, 5.41) is 8.99. The fourth-order valence-corrected chi connectivity index (χ4v) is 2.13. The van der Waals surface area contributed by atoms with Crippen LogP contribution >= 0.6 is 0 Å². The number of nitrogen functional groups attached to an aromatic ring is 1. The molecule has 0 bridgehead atoms. The molecule has 2 N–H and O–H groups in total. The van der Waals surface area contributed by atoms with Crippen molar-refractivity contribution >= 4 is 17.1 Å². The van der Waals surface area contributed by atoms with E-state index in [0.717, 1.165) is 11.4 Å². The zero-order chi connectivity index (χ0) is 14.7. The van der Waals surface area contributed by atoms with Crippen molar-refractivity contribution in [2.45, 2.75) is 19.8 Å². The van der Waals surface area contributed by atoms with Crippen molar-refractivity contribution in [3.63, 3.8) is 0 Å². The van der Waals surface area contributed by atoms with E-state index in [-0.39, 0.29) is 0 Å². The van der Waals surface area contributed by atoms with E-state index in [2.05, 4.69) is 44.2 Å². The summed E-state index contributed by atoms with van der Waals surface area (Å²) >= 11 is 0. The fraction of sp³-hybridized carbons (Fsp3) is 0.235. The predicted molar refractivity (Wildman–Crippen MR) is 84.2 cm³/mol. The van der Waals surface area contributed by atoms with Crippen LogP contribution in [0.3, 0.4) is 0 Å². The molecule has 0 saturated heterocycles. The number of benzene rings is 2. The highest BCUT2D eigenvalue weighted by Gasteiger charge is 2.09. The summed E-state index contributed by atoms with van der Waals surface area (Å²) in [6.45, 7) is 4.35. The van der Waals surface area contributed by atoms with Crippen LogP contribution in [-0.2, 0) is 0 Å². The molecule has 0 amide bonds. The van der Waals surface area contributed by atoms with Gasteiger partial charge < -0.3 is 10.6 Å². The number of nitrogens with zero attached hydrogens (tertiary/aromatic N) is 2. The Morgan fingerprint density at radius 1 is 1.10 bits per heavy atom. The second kappa shape index (κ2) is 5.66. The minimum absolute atomic E-state index is 0.515. The van der Waals surface area contributed by atoms with Crippen LogP contribution in [0.2, 0.25) is 0 Å². The number of rotatable bonds is 3. The summed E-state index contributed by atoms with van der Waals surface area (Å²) in [4.78, 5) is 2.00. The van der Waals surface area contributed by atoms with Gasteiger partial charge in [0.2, 0.25) is 0 Å². The van der Waals surface area contributed by atoms with Gasteiger partial charge in [0.25, 0.3) is 0 Å². The van der Waals surface area contributed by atoms with Crippen LogP contribution in [0.1, 0.15) is 30.9 Å². The van der Waals surface area contributed by atoms with E-state index in [4.69, 9.17) is 11.0 Å². The molecule has 0 aliphatic rings. The van der Waals surface area contributed by atoms with Crippen LogP contribution in [0.4, 0.5) is 17.1 Å². The first-order chi connectivity index (χ1) is 9.52. The maximum atomic E-state index is 8.99. The summed E-state index contributed by atoms with van der Waals surface area (Å²) < 4.78 is 0. The maximum Gasteiger partial charge on any atom is 0.0992 e. The fourth-order valence-electron chi connectivity index (χ4n) is 2.13. The molecule has 0 unspecified atom stereocenters. The highest BCUT2D eigenvalue weighted by atomic mass is 15.1. The molecule has 3 nitrogen and oxygen atoms in total. The maximum absolute atomic E-state index is 8.99. The van der Waals surface area contributed by atoms with E-state index in [0.29, 0.717) is 17.2 Å². The Morgan fingerprint density at radius 3 is 2.30 bits per heavy atom. The molecule has 0 radical (unpaired) electrons. The third kappa shape index (κ3) is 2.75. The monoisotopic (exact) mass is 265 g/mol. The Balaban J connectivity index is 2.36. The van der Waals surface area contributed by atoms with E-state index in [1.165, 1.54) is 5.56 Å². The molecule has 102 valence electrons. The largest absolute Gasteiger partial charge is 0.397 e. The number of hydrogen-bond donors (Lipinski definition) is 1. The first-order valence-electron chi connectivity index (χ1n) is 6.66. The molecule has 0 aliphatic heterocycles. The van der Waals surface area contributed by atoms with E-state index in [1.54, 1.807) is 12.1 Å². The summed E-state index contributed by atoms with van der Waals surface area (Å²) in [6.07, 6.45) is 0. The van der Waals surface area contributed by atoms with Gasteiger partial charge in [0.05, 0.1) is 23.0 Å². The van der Waals surface area contributed by atoms with Gasteiger partial charge in [-0.2, -0.15) is 5.26 Å². The normalized spacial score (nSPS) is 10.3. The van der Waals surface area contributed by atoms with Crippen LogP contribution in [0.25, 0.3) is 0 Å². The lowest BCUT2D eigenvalue weighted by Gasteiger charge is -2.22. The lowest BCUT2D eigenvalue weighted by Crippen LogP contribution is -2.12. The average molecular weight is 265 g/mol. The van der Waals surface area contributed by atoms with Crippen molar-refractivity contribution < 1.29 is 0 Å². The van der Waals surface area contributed by atoms with E-state index < -0.39 is 0 Å². The second-order valence-corrected chi connectivity index (χ2v) is 5.19. The Kier molecular flexibility index (Phi) is 3.95. The van der Waals surface area contributed by atoms with Gasteiger partial charge in [0.15, 0.2) is 0 Å². The number of hydrogen-bond acceptors (Lipinski definition) is 3. The Hall–Kier alpha value is -2.47. The first kappa shape index (κ1) is 14.0. The summed E-state index contributed by atoms with van der Waals surface area (Å²) in [6, 6.07) is 15.9. The van der Waals surface area contributed by atoms with Gasteiger partial charge in [-0.3, -0.25) is 0 Å². The van der Waals surface area contributed by atoms with Crippen molar-refractivity contribution in [2.24, 2.45) is 0 Å². The summed E-state index contributed by atoms with van der Waals surface area (Å²) in [5.74, 6) is 0.515. The standard InChI is InChI=1S/C17H19N3/c1-12(2)14-5-7-15(8-6-14)20(3)17-10-13(11-18)4-9-16(17)19/h4-10,12H,19H2,1-3H3. The van der Waals surface area contributed by atoms with Crippen LogP contribution in [0.5, 0.6) is 0 Å².